The van der Waals surface area contributed by atoms with Crippen molar-refractivity contribution in [2.24, 2.45) is 5.73 Å². The van der Waals surface area contributed by atoms with Crippen molar-refractivity contribution < 1.29 is 9.13 Å². The second-order valence-electron chi connectivity index (χ2n) is 4.86. The van der Waals surface area contributed by atoms with Crippen molar-refractivity contribution in [3.8, 4) is 11.5 Å². The van der Waals surface area contributed by atoms with E-state index in [2.05, 4.69) is 6.92 Å². The maximum absolute atomic E-state index is 13.9. The number of aryl methyl sites for hydroxylation is 1. The first-order chi connectivity index (χ1) is 10.1. The molecule has 2 rings (SSSR count). The van der Waals surface area contributed by atoms with E-state index in [1.807, 2.05) is 24.3 Å². The van der Waals surface area contributed by atoms with Crippen LogP contribution in [0.3, 0.4) is 0 Å². The van der Waals surface area contributed by atoms with Gasteiger partial charge in [0.15, 0.2) is 11.6 Å². The lowest BCUT2D eigenvalue weighted by Crippen LogP contribution is -2.09. The van der Waals surface area contributed by atoms with Crippen LogP contribution in [0, 0.1) is 5.82 Å². The first-order valence-electron chi connectivity index (χ1n) is 6.96. The van der Waals surface area contributed by atoms with Crippen molar-refractivity contribution in [2.75, 3.05) is 0 Å². The molecule has 2 N–H and O–H groups in total. The zero-order chi connectivity index (χ0) is 15.2. The molecule has 0 heterocycles. The van der Waals surface area contributed by atoms with Crippen LogP contribution in [0.2, 0.25) is 0 Å². The number of rotatable bonds is 6. The summed E-state index contributed by atoms with van der Waals surface area (Å²) in [5.41, 5.74) is 7.21. The normalized spacial score (nSPS) is 10.4. The molecule has 0 saturated carbocycles. The lowest BCUT2D eigenvalue weighted by molar-refractivity contribution is 0.442. The summed E-state index contributed by atoms with van der Waals surface area (Å²) in [5, 5.41) is 0. The number of hydrogen-bond donors (Lipinski definition) is 1. The van der Waals surface area contributed by atoms with Crippen molar-refractivity contribution in [1.29, 1.82) is 0 Å². The summed E-state index contributed by atoms with van der Waals surface area (Å²) < 4.78 is 19.4. The minimum absolute atomic E-state index is 0.163. The summed E-state index contributed by atoms with van der Waals surface area (Å²) in [4.78, 5) is 0.167. The van der Waals surface area contributed by atoms with Gasteiger partial charge in [-0.2, -0.15) is 0 Å². The highest BCUT2D eigenvalue weighted by Crippen LogP contribution is 2.25. The highest BCUT2D eigenvalue weighted by Gasteiger charge is 2.07. The third-order valence-corrected chi connectivity index (χ3v) is 3.42. The van der Waals surface area contributed by atoms with Gasteiger partial charge in [0.2, 0.25) is 0 Å². The summed E-state index contributed by atoms with van der Waals surface area (Å²) in [6, 6.07) is 12.2. The molecule has 21 heavy (non-hydrogen) atoms. The van der Waals surface area contributed by atoms with Crippen LogP contribution in [0.5, 0.6) is 11.5 Å². The van der Waals surface area contributed by atoms with E-state index in [0.29, 0.717) is 11.3 Å². The lowest BCUT2D eigenvalue weighted by atomic mass is 10.1. The van der Waals surface area contributed by atoms with Crippen LogP contribution in [0.15, 0.2) is 42.5 Å². The molecule has 0 amide bonds. The fourth-order valence-electron chi connectivity index (χ4n) is 1.97. The van der Waals surface area contributed by atoms with Crippen molar-refractivity contribution in [1.82, 2.24) is 0 Å². The Kier molecular flexibility index (Phi) is 5.28. The molecule has 0 radical (unpaired) electrons. The first kappa shape index (κ1) is 15.4. The average Bonchev–Trinajstić information content (AvgIpc) is 2.48. The van der Waals surface area contributed by atoms with E-state index in [9.17, 15) is 4.39 Å². The summed E-state index contributed by atoms with van der Waals surface area (Å²) in [6.07, 6.45) is 3.38. The second kappa shape index (κ2) is 7.18. The molecule has 0 aromatic heterocycles. The molecular formula is C17H18FNOS. The molecule has 2 aromatic rings. The second-order valence-corrected chi connectivity index (χ2v) is 5.30. The van der Waals surface area contributed by atoms with E-state index < -0.39 is 5.82 Å². The molecule has 0 spiro atoms. The number of unbranched alkanes of at least 4 members (excludes halogenated alkanes) is 1. The summed E-state index contributed by atoms with van der Waals surface area (Å²) in [5.74, 6) is 0.295. The Morgan fingerprint density at radius 2 is 1.90 bits per heavy atom. The molecule has 0 unspecified atom stereocenters. The van der Waals surface area contributed by atoms with Crippen molar-refractivity contribution >= 4 is 17.2 Å². The largest absolute Gasteiger partial charge is 0.454 e. The Morgan fingerprint density at radius 3 is 2.48 bits per heavy atom. The third-order valence-electron chi connectivity index (χ3n) is 3.19. The molecule has 0 atom stereocenters. The van der Waals surface area contributed by atoms with E-state index in [1.54, 1.807) is 6.07 Å². The van der Waals surface area contributed by atoms with Crippen LogP contribution in [0.1, 0.15) is 30.9 Å². The van der Waals surface area contributed by atoms with Crippen LogP contribution in [-0.4, -0.2) is 4.99 Å². The maximum atomic E-state index is 13.9. The van der Waals surface area contributed by atoms with E-state index in [-0.39, 0.29) is 10.7 Å². The van der Waals surface area contributed by atoms with Gasteiger partial charge in [-0.05, 0) is 48.7 Å². The number of benzene rings is 2. The molecule has 0 fully saturated rings. The summed E-state index contributed by atoms with van der Waals surface area (Å²) >= 11 is 4.81. The molecule has 0 bridgehead atoms. The van der Waals surface area contributed by atoms with Crippen LogP contribution in [0.25, 0.3) is 0 Å². The minimum Gasteiger partial charge on any atom is -0.454 e. The minimum atomic E-state index is -0.477. The SMILES string of the molecule is CCCCc1ccc(Oc2ccc(C(N)=S)cc2F)cc1. The van der Waals surface area contributed by atoms with Crippen LogP contribution in [0.4, 0.5) is 4.39 Å². The fraction of sp³-hybridized carbons (Fsp3) is 0.235. The van der Waals surface area contributed by atoms with Crippen LogP contribution in [-0.2, 0) is 6.42 Å². The molecule has 110 valence electrons. The molecule has 0 saturated heterocycles. The Balaban J connectivity index is 2.09. The highest BCUT2D eigenvalue weighted by atomic mass is 32.1. The lowest BCUT2D eigenvalue weighted by Gasteiger charge is -2.09. The van der Waals surface area contributed by atoms with E-state index >= 15 is 0 Å². The average molecular weight is 303 g/mol. The maximum Gasteiger partial charge on any atom is 0.166 e. The molecular weight excluding hydrogens is 285 g/mol. The Bertz CT molecular complexity index is 625. The Labute approximate surface area is 129 Å². The van der Waals surface area contributed by atoms with Crippen LogP contribution >= 0.6 is 12.2 Å². The van der Waals surface area contributed by atoms with E-state index in [1.165, 1.54) is 24.1 Å². The number of thiocarbonyl (C=S) groups is 1. The number of nitrogens with two attached hydrogens (primary N) is 1. The molecule has 2 aromatic carbocycles. The molecule has 0 aliphatic carbocycles. The van der Waals surface area contributed by atoms with E-state index in [4.69, 9.17) is 22.7 Å². The van der Waals surface area contributed by atoms with Crippen molar-refractivity contribution in [3.05, 3.63) is 59.4 Å². The van der Waals surface area contributed by atoms with Crippen LogP contribution < -0.4 is 10.5 Å². The Morgan fingerprint density at radius 1 is 1.19 bits per heavy atom. The van der Waals surface area contributed by atoms with Gasteiger partial charge in [-0.3, -0.25) is 0 Å². The monoisotopic (exact) mass is 303 g/mol. The molecule has 2 nitrogen and oxygen atoms in total. The number of ether oxygens (including phenoxy) is 1. The first-order valence-corrected chi connectivity index (χ1v) is 7.37. The quantitative estimate of drug-likeness (QED) is 0.792. The standard InChI is InChI=1S/C17H18FNOS/c1-2-3-4-12-5-8-14(9-6-12)20-16-10-7-13(17(19)21)11-15(16)18/h5-11H,2-4H2,1H3,(H2,19,21). The predicted molar refractivity (Wildman–Crippen MR) is 87.4 cm³/mol. The van der Waals surface area contributed by atoms with Gasteiger partial charge in [-0.1, -0.05) is 37.7 Å². The molecule has 0 aliphatic rings. The van der Waals surface area contributed by atoms with Gasteiger partial charge in [-0.25, -0.2) is 4.39 Å². The highest BCUT2D eigenvalue weighted by molar-refractivity contribution is 7.80. The molecule has 0 aliphatic heterocycles. The van der Waals surface area contributed by atoms with Gasteiger partial charge < -0.3 is 10.5 Å². The van der Waals surface area contributed by atoms with Crippen molar-refractivity contribution in [3.63, 3.8) is 0 Å². The number of hydrogen-bond acceptors (Lipinski definition) is 2. The van der Waals surface area contributed by atoms with Gasteiger partial charge in [0.25, 0.3) is 0 Å². The van der Waals surface area contributed by atoms with Crippen molar-refractivity contribution in [2.45, 2.75) is 26.2 Å². The summed E-state index contributed by atoms with van der Waals surface area (Å²) in [7, 11) is 0. The predicted octanol–water partition coefficient (Wildman–Crippen LogP) is 4.59. The zero-order valence-corrected chi connectivity index (χ0v) is 12.8. The third kappa shape index (κ3) is 4.26. The van der Waals surface area contributed by atoms with Gasteiger partial charge in [-0.15, -0.1) is 0 Å². The van der Waals surface area contributed by atoms with E-state index in [0.717, 1.165) is 12.8 Å². The van der Waals surface area contributed by atoms with Gasteiger partial charge >= 0.3 is 0 Å². The van der Waals surface area contributed by atoms with Gasteiger partial charge in [0, 0.05) is 5.56 Å². The van der Waals surface area contributed by atoms with Gasteiger partial charge in [0.05, 0.1) is 0 Å². The topological polar surface area (TPSA) is 35.2 Å². The number of halogens is 1. The molecule has 4 heteroatoms. The smallest absolute Gasteiger partial charge is 0.166 e. The Hall–Kier alpha value is -1.94. The zero-order valence-electron chi connectivity index (χ0n) is 11.9. The van der Waals surface area contributed by atoms with Gasteiger partial charge in [0.1, 0.15) is 10.7 Å². The summed E-state index contributed by atoms with van der Waals surface area (Å²) in [6.45, 7) is 2.16. The fourth-order valence-corrected chi connectivity index (χ4v) is 2.10.